The van der Waals surface area contributed by atoms with Gasteiger partial charge in [0.25, 0.3) is 5.91 Å². The van der Waals surface area contributed by atoms with Gasteiger partial charge in [0.05, 0.1) is 6.61 Å². The van der Waals surface area contributed by atoms with Crippen LogP contribution in [-0.2, 0) is 0 Å². The van der Waals surface area contributed by atoms with Crippen LogP contribution in [0.4, 0.5) is 0 Å². The Morgan fingerprint density at radius 3 is 2.61 bits per heavy atom. The second kappa shape index (κ2) is 6.52. The van der Waals surface area contributed by atoms with Crippen molar-refractivity contribution < 1.29 is 14.3 Å². The van der Waals surface area contributed by atoms with Gasteiger partial charge in [-0.15, -0.1) is 0 Å². The van der Waals surface area contributed by atoms with E-state index < -0.39 is 5.63 Å². The molecule has 0 aliphatic carbocycles. The minimum Gasteiger partial charge on any atom is -0.422 e. The number of aliphatic hydroxyl groups is 1. The molecule has 0 unspecified atom stereocenters. The predicted octanol–water partition coefficient (Wildman–Crippen LogP) is 0.852. The lowest BCUT2D eigenvalue weighted by molar-refractivity contribution is 0.0610. The van der Waals surface area contributed by atoms with E-state index in [0.717, 1.165) is 5.39 Å². The van der Waals surface area contributed by atoms with Crippen LogP contribution in [0.15, 0.2) is 33.5 Å². The topological polar surface area (TPSA) is 74.0 Å². The first-order chi connectivity index (χ1) is 11.1. The van der Waals surface area contributed by atoms with E-state index in [1.165, 1.54) is 0 Å². The van der Waals surface area contributed by atoms with Gasteiger partial charge in [-0.2, -0.15) is 0 Å². The molecule has 0 spiro atoms. The van der Waals surface area contributed by atoms with Crippen LogP contribution in [0.3, 0.4) is 0 Å². The first kappa shape index (κ1) is 15.7. The van der Waals surface area contributed by atoms with E-state index in [2.05, 4.69) is 4.90 Å². The largest absolute Gasteiger partial charge is 0.422 e. The summed E-state index contributed by atoms with van der Waals surface area (Å²) in [6.45, 7) is 5.00. The number of aryl methyl sites for hydroxylation is 1. The predicted molar refractivity (Wildman–Crippen MR) is 86.7 cm³/mol. The molecule has 1 fully saturated rings. The molecule has 2 heterocycles. The van der Waals surface area contributed by atoms with Gasteiger partial charge in [0.2, 0.25) is 0 Å². The summed E-state index contributed by atoms with van der Waals surface area (Å²) in [6.07, 6.45) is 0. The van der Waals surface area contributed by atoms with Crippen molar-refractivity contribution in [1.29, 1.82) is 0 Å². The van der Waals surface area contributed by atoms with Gasteiger partial charge in [-0.1, -0.05) is 18.2 Å². The molecular formula is C17H20N2O4. The molecule has 1 amide bonds. The summed E-state index contributed by atoms with van der Waals surface area (Å²) in [5, 5.41) is 9.76. The van der Waals surface area contributed by atoms with Crippen LogP contribution in [0.1, 0.15) is 15.9 Å². The Bertz CT molecular complexity index is 776. The Kier molecular flexibility index (Phi) is 4.45. The molecule has 0 bridgehead atoms. The SMILES string of the molecule is Cc1c(C(=O)N2CCN(CCO)CC2)c(=O)oc2ccccc12. The molecule has 23 heavy (non-hydrogen) atoms. The van der Waals surface area contributed by atoms with E-state index in [1.807, 2.05) is 12.1 Å². The van der Waals surface area contributed by atoms with Crippen molar-refractivity contribution in [3.63, 3.8) is 0 Å². The molecule has 1 aliphatic rings. The normalized spacial score (nSPS) is 16.0. The zero-order valence-electron chi connectivity index (χ0n) is 13.1. The number of carbonyl (C=O) groups excluding carboxylic acids is 1. The maximum atomic E-state index is 12.7. The maximum absolute atomic E-state index is 12.7. The Labute approximate surface area is 133 Å². The highest BCUT2D eigenvalue weighted by Gasteiger charge is 2.26. The van der Waals surface area contributed by atoms with E-state index in [9.17, 15) is 9.59 Å². The monoisotopic (exact) mass is 316 g/mol. The molecular weight excluding hydrogens is 296 g/mol. The zero-order valence-corrected chi connectivity index (χ0v) is 13.1. The Balaban J connectivity index is 1.89. The van der Waals surface area contributed by atoms with Crippen LogP contribution in [0, 0.1) is 6.92 Å². The maximum Gasteiger partial charge on any atom is 0.349 e. The lowest BCUT2D eigenvalue weighted by Gasteiger charge is -2.34. The summed E-state index contributed by atoms with van der Waals surface area (Å²) in [5.41, 5.74) is 0.710. The lowest BCUT2D eigenvalue weighted by atomic mass is 10.0. The number of para-hydroxylation sites is 1. The summed E-state index contributed by atoms with van der Waals surface area (Å²) in [5.74, 6) is -0.273. The molecule has 1 saturated heterocycles. The molecule has 1 aromatic heterocycles. The molecule has 0 radical (unpaired) electrons. The molecule has 3 rings (SSSR count). The van der Waals surface area contributed by atoms with Gasteiger partial charge in [-0.05, 0) is 18.6 Å². The quantitative estimate of drug-likeness (QED) is 0.850. The minimum absolute atomic E-state index is 0.112. The van der Waals surface area contributed by atoms with Gasteiger partial charge in [-0.25, -0.2) is 4.79 Å². The number of fused-ring (bicyclic) bond motifs is 1. The van der Waals surface area contributed by atoms with Crippen molar-refractivity contribution in [3.8, 4) is 0 Å². The molecule has 1 N–H and O–H groups in total. The number of amides is 1. The first-order valence-corrected chi connectivity index (χ1v) is 7.76. The van der Waals surface area contributed by atoms with E-state index in [4.69, 9.17) is 9.52 Å². The average molecular weight is 316 g/mol. The third kappa shape index (κ3) is 3.00. The highest BCUT2D eigenvalue weighted by Crippen LogP contribution is 2.20. The van der Waals surface area contributed by atoms with Crippen molar-refractivity contribution >= 4 is 16.9 Å². The Morgan fingerprint density at radius 2 is 1.91 bits per heavy atom. The molecule has 6 heteroatoms. The second-order valence-corrected chi connectivity index (χ2v) is 5.74. The second-order valence-electron chi connectivity index (χ2n) is 5.74. The van der Waals surface area contributed by atoms with Gasteiger partial charge < -0.3 is 14.4 Å². The van der Waals surface area contributed by atoms with Crippen molar-refractivity contribution in [3.05, 3.63) is 45.8 Å². The minimum atomic E-state index is -0.580. The molecule has 0 saturated carbocycles. The number of piperazine rings is 1. The fourth-order valence-corrected chi connectivity index (χ4v) is 3.03. The van der Waals surface area contributed by atoms with Crippen LogP contribution in [0.25, 0.3) is 11.0 Å². The fraction of sp³-hybridized carbons (Fsp3) is 0.412. The van der Waals surface area contributed by atoms with E-state index in [1.54, 1.807) is 24.0 Å². The molecule has 122 valence electrons. The molecule has 1 aromatic carbocycles. The Hall–Kier alpha value is -2.18. The number of benzene rings is 1. The standard InChI is InChI=1S/C17H20N2O4/c1-12-13-4-2-3-5-14(13)23-17(22)15(12)16(21)19-8-6-18(7-9-19)10-11-20/h2-5,20H,6-11H2,1H3. The van der Waals surface area contributed by atoms with Crippen molar-refractivity contribution in [1.82, 2.24) is 9.80 Å². The van der Waals surface area contributed by atoms with E-state index in [0.29, 0.717) is 43.9 Å². The Morgan fingerprint density at radius 1 is 1.22 bits per heavy atom. The molecule has 2 aromatic rings. The molecule has 0 atom stereocenters. The zero-order chi connectivity index (χ0) is 16.4. The van der Waals surface area contributed by atoms with Crippen LogP contribution in [0.2, 0.25) is 0 Å². The van der Waals surface area contributed by atoms with Gasteiger partial charge >= 0.3 is 5.63 Å². The van der Waals surface area contributed by atoms with E-state index >= 15 is 0 Å². The lowest BCUT2D eigenvalue weighted by Crippen LogP contribution is -2.50. The van der Waals surface area contributed by atoms with Crippen LogP contribution < -0.4 is 5.63 Å². The van der Waals surface area contributed by atoms with Gasteiger partial charge in [0, 0.05) is 38.1 Å². The average Bonchev–Trinajstić information content (AvgIpc) is 2.56. The fourth-order valence-electron chi connectivity index (χ4n) is 3.03. The van der Waals surface area contributed by atoms with E-state index in [-0.39, 0.29) is 18.1 Å². The number of aliphatic hydroxyl groups excluding tert-OH is 1. The number of hydrogen-bond donors (Lipinski definition) is 1. The highest BCUT2D eigenvalue weighted by molar-refractivity contribution is 5.99. The number of hydrogen-bond acceptors (Lipinski definition) is 5. The van der Waals surface area contributed by atoms with Crippen LogP contribution in [0.5, 0.6) is 0 Å². The van der Waals surface area contributed by atoms with Gasteiger partial charge in [0.15, 0.2) is 0 Å². The van der Waals surface area contributed by atoms with Crippen molar-refractivity contribution in [2.45, 2.75) is 6.92 Å². The highest BCUT2D eigenvalue weighted by atomic mass is 16.4. The third-order valence-electron chi connectivity index (χ3n) is 4.36. The summed E-state index contributed by atoms with van der Waals surface area (Å²) in [6, 6.07) is 7.24. The summed E-state index contributed by atoms with van der Waals surface area (Å²) in [4.78, 5) is 28.8. The van der Waals surface area contributed by atoms with Crippen LogP contribution >= 0.6 is 0 Å². The van der Waals surface area contributed by atoms with Crippen molar-refractivity contribution in [2.75, 3.05) is 39.3 Å². The molecule has 1 aliphatic heterocycles. The summed E-state index contributed by atoms with van der Waals surface area (Å²) >= 11 is 0. The van der Waals surface area contributed by atoms with Gasteiger partial charge in [-0.3, -0.25) is 9.69 Å². The number of rotatable bonds is 3. The summed E-state index contributed by atoms with van der Waals surface area (Å²) < 4.78 is 5.30. The number of nitrogens with zero attached hydrogens (tertiary/aromatic N) is 2. The van der Waals surface area contributed by atoms with Crippen molar-refractivity contribution in [2.24, 2.45) is 0 Å². The first-order valence-electron chi connectivity index (χ1n) is 7.76. The smallest absolute Gasteiger partial charge is 0.349 e. The molecule has 6 nitrogen and oxygen atoms in total. The summed E-state index contributed by atoms with van der Waals surface area (Å²) in [7, 11) is 0. The number of carbonyl (C=O) groups is 1. The van der Waals surface area contributed by atoms with Gasteiger partial charge in [0.1, 0.15) is 11.1 Å². The number of β-amino-alcohol motifs (C(OH)–C–C–N with tert-alkyl or cyclic N) is 1. The third-order valence-corrected chi connectivity index (χ3v) is 4.36. The van der Waals surface area contributed by atoms with Crippen LogP contribution in [-0.4, -0.2) is 60.1 Å².